The smallest absolute Gasteiger partial charge is 0.343 e. The maximum absolute atomic E-state index is 12.8. The van der Waals surface area contributed by atoms with Crippen molar-refractivity contribution >= 4 is 11.9 Å². The molecule has 6 nitrogen and oxygen atoms in total. The molecule has 2 unspecified atom stereocenters. The van der Waals surface area contributed by atoms with E-state index >= 15 is 0 Å². The van der Waals surface area contributed by atoms with Gasteiger partial charge in [0.15, 0.2) is 5.60 Å². The number of carbonyl (C=O) groups is 2. The number of rotatable bonds is 1. The van der Waals surface area contributed by atoms with Gasteiger partial charge in [0.2, 0.25) is 0 Å². The molecule has 2 bridgehead atoms. The summed E-state index contributed by atoms with van der Waals surface area (Å²) < 4.78 is 16.4. The molecule has 7 atom stereocenters. The first-order valence-corrected chi connectivity index (χ1v) is 9.15. The van der Waals surface area contributed by atoms with Crippen LogP contribution in [0.3, 0.4) is 0 Å². The lowest BCUT2D eigenvalue weighted by Crippen LogP contribution is -2.72. The summed E-state index contributed by atoms with van der Waals surface area (Å²) in [5.41, 5.74) is -1.91. The molecule has 2 aliphatic carbocycles. The van der Waals surface area contributed by atoms with Crippen LogP contribution in [0.4, 0.5) is 0 Å². The Morgan fingerprint density at radius 3 is 2.73 bits per heavy atom. The van der Waals surface area contributed by atoms with E-state index in [-0.39, 0.29) is 23.9 Å². The van der Waals surface area contributed by atoms with Gasteiger partial charge in [-0.25, -0.2) is 4.79 Å². The van der Waals surface area contributed by atoms with E-state index in [1.54, 1.807) is 24.7 Å². The first kappa shape index (κ1) is 16.1. The molecule has 1 N–H and O–H groups in total. The SMILES string of the molecule is CC12CC[C@H]3C(=O)O[C@H](c4ccoc4)C[C@@]3(C)C1[C@@H]1C=C[C@]2(O)C(=O)O1. The third kappa shape index (κ3) is 1.71. The third-order valence-corrected chi connectivity index (χ3v) is 7.51. The molecule has 0 spiro atoms. The summed E-state index contributed by atoms with van der Waals surface area (Å²) in [4.78, 5) is 25.2. The normalized spacial score (nSPS) is 49.2. The van der Waals surface area contributed by atoms with E-state index in [4.69, 9.17) is 13.9 Å². The van der Waals surface area contributed by atoms with Crippen molar-refractivity contribution in [2.75, 3.05) is 0 Å². The highest BCUT2D eigenvalue weighted by molar-refractivity contribution is 5.86. The minimum Gasteiger partial charge on any atom is -0.472 e. The molecule has 1 aromatic rings. The van der Waals surface area contributed by atoms with Gasteiger partial charge in [-0.1, -0.05) is 13.8 Å². The molecule has 0 radical (unpaired) electrons. The van der Waals surface area contributed by atoms with Gasteiger partial charge in [0.05, 0.1) is 18.4 Å². The van der Waals surface area contributed by atoms with Gasteiger partial charge in [0.1, 0.15) is 12.2 Å². The fourth-order valence-corrected chi connectivity index (χ4v) is 6.16. The second kappa shape index (κ2) is 4.80. The van der Waals surface area contributed by atoms with Gasteiger partial charge < -0.3 is 19.0 Å². The summed E-state index contributed by atoms with van der Waals surface area (Å²) in [6.07, 6.45) is 7.52. The van der Waals surface area contributed by atoms with E-state index < -0.39 is 28.5 Å². The van der Waals surface area contributed by atoms with Crippen molar-refractivity contribution in [3.63, 3.8) is 0 Å². The zero-order valence-electron chi connectivity index (χ0n) is 14.8. The van der Waals surface area contributed by atoms with Gasteiger partial charge in [0.25, 0.3) is 0 Å². The fourth-order valence-electron chi connectivity index (χ4n) is 6.16. The lowest BCUT2D eigenvalue weighted by molar-refractivity contribution is -0.259. The molecule has 2 saturated heterocycles. The fraction of sp³-hybridized carbons (Fsp3) is 0.600. The van der Waals surface area contributed by atoms with Crippen molar-refractivity contribution in [2.45, 2.75) is 50.9 Å². The van der Waals surface area contributed by atoms with Crippen molar-refractivity contribution in [1.82, 2.24) is 0 Å². The summed E-state index contributed by atoms with van der Waals surface area (Å²) in [6.45, 7) is 4.04. The number of fused-ring (bicyclic) bond motifs is 2. The van der Waals surface area contributed by atoms with Crippen LogP contribution in [0, 0.1) is 22.7 Å². The molecule has 26 heavy (non-hydrogen) atoms. The molecular formula is C20H22O6. The summed E-state index contributed by atoms with van der Waals surface area (Å²) >= 11 is 0. The minimum atomic E-state index is -1.63. The Hall–Kier alpha value is -2.08. The van der Waals surface area contributed by atoms with Gasteiger partial charge in [-0.2, -0.15) is 0 Å². The van der Waals surface area contributed by atoms with Crippen molar-refractivity contribution < 1.29 is 28.6 Å². The highest BCUT2D eigenvalue weighted by Gasteiger charge is 2.72. The molecule has 4 heterocycles. The average Bonchev–Trinajstić information content (AvgIpc) is 3.10. The molecule has 0 aromatic carbocycles. The molecule has 1 aromatic heterocycles. The second-order valence-corrected chi connectivity index (χ2v) is 8.67. The summed E-state index contributed by atoms with van der Waals surface area (Å²) in [7, 11) is 0. The van der Waals surface area contributed by atoms with Crippen LogP contribution in [-0.2, 0) is 19.1 Å². The second-order valence-electron chi connectivity index (χ2n) is 8.67. The Morgan fingerprint density at radius 2 is 2.04 bits per heavy atom. The van der Waals surface area contributed by atoms with Gasteiger partial charge in [-0.3, -0.25) is 4.79 Å². The summed E-state index contributed by atoms with van der Waals surface area (Å²) in [6, 6.07) is 1.81. The van der Waals surface area contributed by atoms with Gasteiger partial charge >= 0.3 is 11.9 Å². The zero-order valence-corrected chi connectivity index (χ0v) is 14.8. The van der Waals surface area contributed by atoms with Crippen LogP contribution in [0.15, 0.2) is 35.2 Å². The quantitative estimate of drug-likeness (QED) is 0.613. The van der Waals surface area contributed by atoms with Crippen LogP contribution in [0.1, 0.15) is 44.8 Å². The van der Waals surface area contributed by atoms with E-state index in [1.165, 1.54) is 0 Å². The number of esters is 2. The van der Waals surface area contributed by atoms with Crippen molar-refractivity contribution in [3.05, 3.63) is 36.3 Å². The van der Waals surface area contributed by atoms with Crippen molar-refractivity contribution in [2.24, 2.45) is 22.7 Å². The molecule has 1 saturated carbocycles. The average molecular weight is 358 g/mol. The zero-order chi connectivity index (χ0) is 18.3. The molecule has 0 amide bonds. The van der Waals surface area contributed by atoms with Gasteiger partial charge in [-0.05, 0) is 42.9 Å². The maximum atomic E-state index is 12.8. The third-order valence-electron chi connectivity index (χ3n) is 7.51. The molecule has 6 heteroatoms. The van der Waals surface area contributed by atoms with Crippen LogP contribution >= 0.6 is 0 Å². The number of cyclic esters (lactones) is 1. The Bertz CT molecular complexity index is 812. The Kier molecular flexibility index (Phi) is 2.97. The van der Waals surface area contributed by atoms with E-state index in [2.05, 4.69) is 6.92 Å². The summed E-state index contributed by atoms with van der Waals surface area (Å²) in [5.74, 6) is -1.20. The van der Waals surface area contributed by atoms with Crippen LogP contribution in [0.5, 0.6) is 0 Å². The molecule has 3 aliphatic heterocycles. The highest BCUT2D eigenvalue weighted by atomic mass is 16.6. The monoisotopic (exact) mass is 358 g/mol. The van der Waals surface area contributed by atoms with Crippen LogP contribution in [-0.4, -0.2) is 28.8 Å². The number of furan rings is 1. The largest absolute Gasteiger partial charge is 0.472 e. The maximum Gasteiger partial charge on any atom is 0.343 e. The van der Waals surface area contributed by atoms with E-state index in [0.29, 0.717) is 19.3 Å². The lowest BCUT2D eigenvalue weighted by atomic mass is 9.42. The topological polar surface area (TPSA) is 86.0 Å². The van der Waals surface area contributed by atoms with Crippen molar-refractivity contribution in [1.29, 1.82) is 0 Å². The standard InChI is InChI=1S/C20H22O6/c1-18-9-14(11-5-8-24-10-11)25-16(21)12(18)3-6-19(2)15(18)13-4-7-20(19,23)17(22)26-13/h4-5,7-8,10,12-15,23H,3,6,9H2,1-2H3/t12-,13-,14-,15?,18+,19?,20-/m0/s1. The molecule has 138 valence electrons. The van der Waals surface area contributed by atoms with E-state index in [1.807, 2.05) is 13.0 Å². The molecular weight excluding hydrogens is 336 g/mol. The predicted molar refractivity (Wildman–Crippen MR) is 88.6 cm³/mol. The van der Waals surface area contributed by atoms with E-state index in [9.17, 15) is 14.7 Å². The molecule has 3 fully saturated rings. The molecule has 6 rings (SSSR count). The van der Waals surface area contributed by atoms with Crippen LogP contribution in [0.2, 0.25) is 0 Å². The van der Waals surface area contributed by atoms with Gasteiger partial charge in [-0.15, -0.1) is 0 Å². The van der Waals surface area contributed by atoms with Crippen LogP contribution in [0.25, 0.3) is 0 Å². The number of hydrogen-bond acceptors (Lipinski definition) is 6. The number of ether oxygens (including phenoxy) is 2. The Balaban J connectivity index is 1.61. The highest BCUT2D eigenvalue weighted by Crippen LogP contribution is 2.67. The first-order chi connectivity index (χ1) is 12.3. The van der Waals surface area contributed by atoms with E-state index in [0.717, 1.165) is 5.56 Å². The van der Waals surface area contributed by atoms with Gasteiger partial charge in [0, 0.05) is 16.9 Å². The Morgan fingerprint density at radius 1 is 1.23 bits per heavy atom. The number of aliphatic hydroxyl groups is 1. The number of carbonyl (C=O) groups excluding carboxylic acids is 2. The first-order valence-electron chi connectivity index (χ1n) is 9.15. The molecule has 5 aliphatic rings. The predicted octanol–water partition coefficient (Wildman–Crippen LogP) is 2.53. The minimum absolute atomic E-state index is 0.149. The lowest BCUT2D eigenvalue weighted by Gasteiger charge is -2.65. The van der Waals surface area contributed by atoms with Crippen molar-refractivity contribution in [3.8, 4) is 0 Å². The Labute approximate surface area is 151 Å². The van der Waals surface area contributed by atoms with Crippen LogP contribution < -0.4 is 0 Å². The number of hydrogen-bond donors (Lipinski definition) is 1. The summed E-state index contributed by atoms with van der Waals surface area (Å²) in [5, 5.41) is 11.2.